The van der Waals surface area contributed by atoms with Crippen LogP contribution in [0.3, 0.4) is 0 Å². The molecule has 1 aromatic rings. The van der Waals surface area contributed by atoms with Crippen molar-refractivity contribution < 1.29 is 14.7 Å². The summed E-state index contributed by atoms with van der Waals surface area (Å²) in [7, 11) is 0. The highest BCUT2D eigenvalue weighted by Gasteiger charge is 2.62. The Morgan fingerprint density at radius 2 is 1.85 bits per heavy atom. The second-order valence-electron chi connectivity index (χ2n) is 11.5. The molecule has 0 bridgehead atoms. The molecule has 1 N–H and O–H groups in total. The largest absolute Gasteiger partial charge is 0.377 e. The summed E-state index contributed by atoms with van der Waals surface area (Å²) in [6.07, 6.45) is 7.87. The number of fused-ring (bicyclic) bond motifs is 4. The van der Waals surface area contributed by atoms with E-state index in [9.17, 15) is 14.7 Å². The summed E-state index contributed by atoms with van der Waals surface area (Å²) in [6.45, 7) is 8.03. The Morgan fingerprint density at radius 3 is 2.53 bits per heavy atom. The van der Waals surface area contributed by atoms with Crippen molar-refractivity contribution >= 4 is 11.6 Å². The van der Waals surface area contributed by atoms with Gasteiger partial charge in [0.2, 0.25) is 0 Å². The van der Waals surface area contributed by atoms with Crippen LogP contribution >= 0.6 is 0 Å². The number of benzene rings is 1. The molecule has 0 heterocycles. The molecule has 1 aromatic carbocycles. The number of rotatable bonds is 2. The van der Waals surface area contributed by atoms with Gasteiger partial charge in [-0.3, -0.25) is 9.59 Å². The molecule has 0 aromatic heterocycles. The Kier molecular flexibility index (Phi) is 5.72. The normalized spacial score (nSPS) is 34.6. The van der Waals surface area contributed by atoms with Gasteiger partial charge in [0.05, 0.1) is 0 Å². The lowest BCUT2D eigenvalue weighted by Crippen LogP contribution is -2.51. The first kappa shape index (κ1) is 23.3. The maximum absolute atomic E-state index is 12.2. The van der Waals surface area contributed by atoms with Crippen LogP contribution in [0.25, 0.3) is 0 Å². The van der Waals surface area contributed by atoms with Crippen LogP contribution in [0, 0.1) is 35.0 Å². The number of aliphatic hydroxyl groups is 1. The van der Waals surface area contributed by atoms with Gasteiger partial charge in [0.25, 0.3) is 0 Å². The Morgan fingerprint density at radius 1 is 1.12 bits per heavy atom. The molecule has 4 aliphatic carbocycles. The summed E-state index contributed by atoms with van der Waals surface area (Å²) >= 11 is 0. The van der Waals surface area contributed by atoms with E-state index in [1.807, 2.05) is 18.2 Å². The number of carbonyl (C=O) groups excluding carboxylic acids is 2. The van der Waals surface area contributed by atoms with Gasteiger partial charge in [0.1, 0.15) is 5.60 Å². The van der Waals surface area contributed by atoms with E-state index in [0.717, 1.165) is 44.1 Å². The summed E-state index contributed by atoms with van der Waals surface area (Å²) in [4.78, 5) is 24.1. The van der Waals surface area contributed by atoms with Gasteiger partial charge in [-0.2, -0.15) is 0 Å². The van der Waals surface area contributed by atoms with Gasteiger partial charge >= 0.3 is 0 Å². The summed E-state index contributed by atoms with van der Waals surface area (Å²) in [5, 5.41) is 11.9. The molecule has 5 atom stereocenters. The molecule has 34 heavy (non-hydrogen) atoms. The lowest BCUT2D eigenvalue weighted by molar-refractivity contribution is -0.114. The van der Waals surface area contributed by atoms with Crippen molar-refractivity contribution in [1.29, 1.82) is 0 Å². The lowest BCUT2D eigenvalue weighted by atomic mass is 9.51. The molecule has 2 saturated carbocycles. The van der Waals surface area contributed by atoms with Gasteiger partial charge in [-0.05, 0) is 80.1 Å². The number of ketones is 2. The molecule has 3 heteroatoms. The van der Waals surface area contributed by atoms with E-state index in [-0.39, 0.29) is 28.8 Å². The van der Waals surface area contributed by atoms with Crippen LogP contribution in [-0.2, 0) is 4.79 Å². The molecule has 0 spiro atoms. The predicted molar refractivity (Wildman–Crippen MR) is 134 cm³/mol. The van der Waals surface area contributed by atoms with Gasteiger partial charge in [0.15, 0.2) is 11.6 Å². The molecule has 0 unspecified atom stereocenters. The highest BCUT2D eigenvalue weighted by Crippen LogP contribution is 2.66. The minimum absolute atomic E-state index is 0.0740. The fraction of sp³-hybridized carbons (Fsp3) is 0.548. The predicted octanol–water partition coefficient (Wildman–Crippen LogP) is 6.18. The van der Waals surface area contributed by atoms with Crippen LogP contribution < -0.4 is 0 Å². The van der Waals surface area contributed by atoms with Crippen molar-refractivity contribution in [3.05, 3.63) is 58.2 Å². The Hall–Kier alpha value is -2.44. The van der Waals surface area contributed by atoms with E-state index in [1.54, 1.807) is 6.92 Å². The van der Waals surface area contributed by atoms with E-state index in [4.69, 9.17) is 0 Å². The maximum atomic E-state index is 12.2. The highest BCUT2D eigenvalue weighted by atomic mass is 16.3. The summed E-state index contributed by atoms with van der Waals surface area (Å²) < 4.78 is 0. The summed E-state index contributed by atoms with van der Waals surface area (Å²) in [5.74, 6) is 8.15. The van der Waals surface area contributed by atoms with Crippen LogP contribution in [0.4, 0.5) is 0 Å². The van der Waals surface area contributed by atoms with E-state index in [2.05, 4.69) is 44.7 Å². The molecule has 5 rings (SSSR count). The average molecular weight is 457 g/mol. The van der Waals surface area contributed by atoms with Crippen molar-refractivity contribution in [2.24, 2.45) is 23.2 Å². The van der Waals surface area contributed by atoms with Crippen molar-refractivity contribution in [3.63, 3.8) is 0 Å². The number of carbonyl (C=O) groups is 2. The SMILES string of the molecule is CC(=O)c1ccc([C@H]2C[C@@]3(C)[C@@H](CC[C@@]3(O)C#CC(C)C)[C@@H]3CCC4=CC(=O)CCC4=C32)cc1. The highest BCUT2D eigenvalue weighted by molar-refractivity contribution is 5.94. The quantitative estimate of drug-likeness (QED) is 0.427. The van der Waals surface area contributed by atoms with Crippen LogP contribution in [0.15, 0.2) is 47.1 Å². The van der Waals surface area contributed by atoms with E-state index < -0.39 is 5.60 Å². The first-order chi connectivity index (χ1) is 16.1. The van der Waals surface area contributed by atoms with Crippen LogP contribution in [0.5, 0.6) is 0 Å². The molecule has 0 saturated heterocycles. The van der Waals surface area contributed by atoms with Crippen molar-refractivity contribution in [2.45, 2.75) is 84.2 Å². The van der Waals surface area contributed by atoms with Gasteiger partial charge in [-0.1, -0.05) is 62.5 Å². The standard InChI is InChI=1S/C31H36O3/c1-19(2)13-15-31(34)16-14-28-26-11-9-23-17-24(33)10-12-25(23)29(26)27(18-30(28,31)4)22-7-5-21(6-8-22)20(3)32/h5-8,17,19,26-28,34H,9-12,14,16,18H2,1-4H3/t26-,27+,28-,30-,31-/m0/s1. The third-order valence-electron chi connectivity index (χ3n) is 9.17. The smallest absolute Gasteiger partial charge is 0.159 e. The van der Waals surface area contributed by atoms with Crippen LogP contribution in [-0.4, -0.2) is 22.3 Å². The van der Waals surface area contributed by atoms with Crippen molar-refractivity contribution in [3.8, 4) is 11.8 Å². The fourth-order valence-corrected chi connectivity index (χ4v) is 7.38. The van der Waals surface area contributed by atoms with Gasteiger partial charge < -0.3 is 5.11 Å². The molecule has 178 valence electrons. The second kappa shape index (κ2) is 8.35. The van der Waals surface area contributed by atoms with E-state index in [1.165, 1.54) is 22.3 Å². The topological polar surface area (TPSA) is 54.4 Å². The molecule has 2 fully saturated rings. The Labute approximate surface area is 203 Å². The van der Waals surface area contributed by atoms with E-state index >= 15 is 0 Å². The molecular weight excluding hydrogens is 420 g/mol. The average Bonchev–Trinajstić information content (AvgIpc) is 3.07. The molecular formula is C31H36O3. The molecule has 0 aliphatic heterocycles. The third-order valence-corrected chi connectivity index (χ3v) is 9.17. The van der Waals surface area contributed by atoms with Crippen molar-refractivity contribution in [2.75, 3.05) is 0 Å². The summed E-state index contributed by atoms with van der Waals surface area (Å²) in [5.41, 5.74) is 4.82. The monoisotopic (exact) mass is 456 g/mol. The first-order valence-corrected chi connectivity index (χ1v) is 13.0. The molecule has 0 radical (unpaired) electrons. The van der Waals surface area contributed by atoms with Gasteiger partial charge in [-0.15, -0.1) is 0 Å². The first-order valence-electron chi connectivity index (χ1n) is 13.0. The Bertz CT molecular complexity index is 1160. The summed E-state index contributed by atoms with van der Waals surface area (Å²) in [6, 6.07) is 8.09. The number of hydrogen-bond donors (Lipinski definition) is 1. The molecule has 0 amide bonds. The zero-order valence-electron chi connectivity index (χ0n) is 20.9. The number of Topliss-reactive ketones (excluding diaryl/α,β-unsaturated/α-hetero) is 1. The van der Waals surface area contributed by atoms with Gasteiger partial charge in [0, 0.05) is 29.2 Å². The molecule has 3 nitrogen and oxygen atoms in total. The molecule has 4 aliphatic rings. The van der Waals surface area contributed by atoms with Crippen LogP contribution in [0.1, 0.15) is 94.5 Å². The second-order valence-corrected chi connectivity index (χ2v) is 11.5. The third kappa shape index (κ3) is 3.62. The minimum atomic E-state index is -0.978. The Balaban J connectivity index is 1.66. The zero-order valence-corrected chi connectivity index (χ0v) is 20.9. The van der Waals surface area contributed by atoms with Gasteiger partial charge in [-0.25, -0.2) is 0 Å². The fourth-order valence-electron chi connectivity index (χ4n) is 7.38. The maximum Gasteiger partial charge on any atom is 0.159 e. The number of hydrogen-bond acceptors (Lipinski definition) is 3. The number of allylic oxidation sites excluding steroid dienone is 4. The van der Waals surface area contributed by atoms with Crippen LogP contribution in [0.2, 0.25) is 0 Å². The lowest BCUT2D eigenvalue weighted by Gasteiger charge is -2.53. The van der Waals surface area contributed by atoms with E-state index in [0.29, 0.717) is 18.3 Å². The minimum Gasteiger partial charge on any atom is -0.377 e. The van der Waals surface area contributed by atoms with Crippen molar-refractivity contribution in [1.82, 2.24) is 0 Å². The zero-order chi connectivity index (χ0) is 24.3.